The van der Waals surface area contributed by atoms with Crippen molar-refractivity contribution >= 4 is 11.8 Å². The third kappa shape index (κ3) is 3.41. The van der Waals surface area contributed by atoms with Crippen LogP contribution in [-0.4, -0.2) is 10.9 Å². The Bertz CT molecular complexity index is 241. The maximum absolute atomic E-state index is 9.28. The van der Waals surface area contributed by atoms with Gasteiger partial charge in [0.2, 0.25) is 0 Å². The molecule has 0 aliphatic carbocycles. The lowest BCUT2D eigenvalue weighted by molar-refractivity contribution is 0.199. The normalized spacial score (nSPS) is 12.8. The highest BCUT2D eigenvalue weighted by Crippen LogP contribution is 2.21. The molecule has 0 saturated heterocycles. The van der Waals surface area contributed by atoms with Gasteiger partial charge in [0.15, 0.2) is 0 Å². The predicted molar refractivity (Wildman–Crippen MR) is 58.1 cm³/mol. The fourth-order valence-corrected chi connectivity index (χ4v) is 1.83. The molecule has 2 heteroatoms. The Morgan fingerprint density at radius 2 is 1.92 bits per heavy atom. The van der Waals surface area contributed by atoms with Crippen LogP contribution in [0.4, 0.5) is 0 Å². The van der Waals surface area contributed by atoms with Gasteiger partial charge in [0.25, 0.3) is 0 Å². The zero-order chi connectivity index (χ0) is 9.68. The van der Waals surface area contributed by atoms with E-state index in [1.54, 1.807) is 6.92 Å². The number of thioether (sulfide) groups is 1. The molecule has 0 heterocycles. The Morgan fingerprint density at radius 3 is 2.38 bits per heavy atom. The van der Waals surface area contributed by atoms with E-state index in [9.17, 15) is 5.11 Å². The molecule has 0 bridgehead atoms. The summed E-state index contributed by atoms with van der Waals surface area (Å²) >= 11 is 1.86. The molecule has 0 unspecified atom stereocenters. The highest BCUT2D eigenvalue weighted by molar-refractivity contribution is 7.99. The Kier molecular flexibility index (Phi) is 4.33. The Labute approximate surface area is 84.2 Å². The topological polar surface area (TPSA) is 20.2 Å². The van der Waals surface area contributed by atoms with Crippen molar-refractivity contribution < 1.29 is 5.11 Å². The first-order chi connectivity index (χ1) is 6.24. The van der Waals surface area contributed by atoms with E-state index < -0.39 is 0 Å². The molecule has 0 spiro atoms. The lowest BCUT2D eigenvalue weighted by Crippen LogP contribution is -1.89. The second-order valence-corrected chi connectivity index (χ2v) is 4.26. The molecule has 72 valence electrons. The van der Waals surface area contributed by atoms with E-state index in [2.05, 4.69) is 19.1 Å². The summed E-state index contributed by atoms with van der Waals surface area (Å²) in [5.41, 5.74) is 0.987. The van der Waals surface area contributed by atoms with Gasteiger partial charge in [-0.15, -0.1) is 11.8 Å². The van der Waals surface area contributed by atoms with Crippen molar-refractivity contribution in [3.8, 4) is 0 Å². The predicted octanol–water partition coefficient (Wildman–Crippen LogP) is 3.24. The van der Waals surface area contributed by atoms with Crippen LogP contribution in [0.2, 0.25) is 0 Å². The molecule has 0 aliphatic rings. The van der Waals surface area contributed by atoms with Gasteiger partial charge < -0.3 is 5.11 Å². The average molecular weight is 196 g/mol. The first-order valence-electron chi connectivity index (χ1n) is 4.65. The smallest absolute Gasteiger partial charge is 0.0761 e. The van der Waals surface area contributed by atoms with Crippen molar-refractivity contribution in [3.05, 3.63) is 29.8 Å². The molecule has 1 aromatic rings. The van der Waals surface area contributed by atoms with Crippen LogP contribution in [0.1, 0.15) is 31.9 Å². The van der Waals surface area contributed by atoms with E-state index in [4.69, 9.17) is 0 Å². The maximum Gasteiger partial charge on any atom is 0.0761 e. The van der Waals surface area contributed by atoms with Crippen molar-refractivity contribution in [3.63, 3.8) is 0 Å². The third-order valence-corrected chi connectivity index (χ3v) is 3.05. The van der Waals surface area contributed by atoms with Crippen LogP contribution in [-0.2, 0) is 0 Å². The summed E-state index contributed by atoms with van der Waals surface area (Å²) < 4.78 is 0. The van der Waals surface area contributed by atoms with Gasteiger partial charge in [-0.1, -0.05) is 19.1 Å². The molecule has 0 radical (unpaired) electrons. The van der Waals surface area contributed by atoms with Crippen LogP contribution in [0.5, 0.6) is 0 Å². The Morgan fingerprint density at radius 1 is 1.31 bits per heavy atom. The van der Waals surface area contributed by atoms with Gasteiger partial charge in [-0.05, 0) is 36.8 Å². The molecular weight excluding hydrogens is 180 g/mol. The fourth-order valence-electron chi connectivity index (χ4n) is 1.06. The van der Waals surface area contributed by atoms with E-state index in [0.29, 0.717) is 0 Å². The highest BCUT2D eigenvalue weighted by atomic mass is 32.2. The van der Waals surface area contributed by atoms with Crippen LogP contribution in [0.3, 0.4) is 0 Å². The SMILES string of the molecule is CCCSc1ccc([C@@H](C)O)cc1. The molecule has 1 nitrogen and oxygen atoms in total. The summed E-state index contributed by atoms with van der Waals surface area (Å²) in [5, 5.41) is 9.28. The number of aliphatic hydroxyl groups excluding tert-OH is 1. The Hall–Kier alpha value is -0.470. The van der Waals surface area contributed by atoms with Crippen molar-refractivity contribution in [2.75, 3.05) is 5.75 Å². The van der Waals surface area contributed by atoms with E-state index in [1.807, 2.05) is 23.9 Å². The monoisotopic (exact) mass is 196 g/mol. The minimum Gasteiger partial charge on any atom is -0.389 e. The van der Waals surface area contributed by atoms with Gasteiger partial charge in [-0.25, -0.2) is 0 Å². The van der Waals surface area contributed by atoms with E-state index in [1.165, 1.54) is 11.3 Å². The van der Waals surface area contributed by atoms with E-state index >= 15 is 0 Å². The summed E-state index contributed by atoms with van der Waals surface area (Å²) in [6, 6.07) is 8.12. The number of hydrogen-bond acceptors (Lipinski definition) is 2. The zero-order valence-corrected chi connectivity index (χ0v) is 8.97. The van der Waals surface area contributed by atoms with Gasteiger partial charge in [0.05, 0.1) is 6.10 Å². The molecular formula is C11H16OS. The van der Waals surface area contributed by atoms with Crippen LogP contribution in [0.15, 0.2) is 29.2 Å². The number of aliphatic hydroxyl groups is 1. The second-order valence-electron chi connectivity index (χ2n) is 3.09. The summed E-state index contributed by atoms with van der Waals surface area (Å²) in [5.74, 6) is 1.16. The van der Waals surface area contributed by atoms with Crippen molar-refractivity contribution in [2.45, 2.75) is 31.3 Å². The van der Waals surface area contributed by atoms with Gasteiger partial charge in [-0.3, -0.25) is 0 Å². The quantitative estimate of drug-likeness (QED) is 0.746. The van der Waals surface area contributed by atoms with Gasteiger partial charge >= 0.3 is 0 Å². The number of benzene rings is 1. The standard InChI is InChI=1S/C11H16OS/c1-3-8-13-11-6-4-10(5-7-11)9(2)12/h4-7,9,12H,3,8H2,1-2H3/t9-/m1/s1. The molecule has 0 aromatic heterocycles. The largest absolute Gasteiger partial charge is 0.389 e. The lowest BCUT2D eigenvalue weighted by atomic mass is 10.1. The number of rotatable bonds is 4. The summed E-state index contributed by atoms with van der Waals surface area (Å²) in [6.07, 6.45) is 0.841. The summed E-state index contributed by atoms with van der Waals surface area (Å²) in [4.78, 5) is 1.28. The number of hydrogen-bond donors (Lipinski definition) is 1. The van der Waals surface area contributed by atoms with Crippen LogP contribution < -0.4 is 0 Å². The zero-order valence-electron chi connectivity index (χ0n) is 8.16. The van der Waals surface area contributed by atoms with Crippen LogP contribution in [0, 0.1) is 0 Å². The fraction of sp³-hybridized carbons (Fsp3) is 0.455. The summed E-state index contributed by atoms with van der Waals surface area (Å²) in [6.45, 7) is 3.96. The van der Waals surface area contributed by atoms with Crippen molar-refractivity contribution in [2.24, 2.45) is 0 Å². The van der Waals surface area contributed by atoms with Crippen LogP contribution in [0.25, 0.3) is 0 Å². The lowest BCUT2D eigenvalue weighted by Gasteiger charge is -2.05. The molecule has 1 aromatic carbocycles. The van der Waals surface area contributed by atoms with E-state index in [-0.39, 0.29) is 6.10 Å². The third-order valence-electron chi connectivity index (χ3n) is 1.84. The van der Waals surface area contributed by atoms with Gasteiger partial charge in [-0.2, -0.15) is 0 Å². The second kappa shape index (κ2) is 5.30. The molecule has 1 rings (SSSR count). The van der Waals surface area contributed by atoms with Gasteiger partial charge in [0.1, 0.15) is 0 Å². The van der Waals surface area contributed by atoms with Crippen molar-refractivity contribution in [1.82, 2.24) is 0 Å². The summed E-state index contributed by atoms with van der Waals surface area (Å²) in [7, 11) is 0. The molecule has 13 heavy (non-hydrogen) atoms. The molecule has 0 amide bonds. The molecule has 1 atom stereocenters. The molecule has 0 fully saturated rings. The first kappa shape index (κ1) is 10.6. The molecule has 1 N–H and O–H groups in total. The van der Waals surface area contributed by atoms with Crippen molar-refractivity contribution in [1.29, 1.82) is 0 Å². The highest BCUT2D eigenvalue weighted by Gasteiger charge is 1.99. The van der Waals surface area contributed by atoms with Crippen LogP contribution >= 0.6 is 11.8 Å². The first-order valence-corrected chi connectivity index (χ1v) is 5.63. The average Bonchev–Trinajstić information content (AvgIpc) is 2.15. The Balaban J connectivity index is 2.59. The molecule has 0 aliphatic heterocycles. The van der Waals surface area contributed by atoms with E-state index in [0.717, 1.165) is 11.3 Å². The molecule has 0 saturated carbocycles. The maximum atomic E-state index is 9.28. The minimum atomic E-state index is -0.356. The van der Waals surface area contributed by atoms with Gasteiger partial charge in [0, 0.05) is 4.90 Å². The minimum absolute atomic E-state index is 0.356.